The molecule has 2 heterocycles. The summed E-state index contributed by atoms with van der Waals surface area (Å²) in [6.45, 7) is 0.697. The monoisotopic (exact) mass is 348 g/mol. The van der Waals surface area contributed by atoms with Gasteiger partial charge in [-0.3, -0.25) is 0 Å². The Hall–Kier alpha value is -2.54. The molecule has 3 N–H and O–H groups in total. The van der Waals surface area contributed by atoms with Crippen molar-refractivity contribution in [2.75, 3.05) is 18.8 Å². The molecular formula is C16H17ClN4O3. The van der Waals surface area contributed by atoms with Crippen LogP contribution in [-0.4, -0.2) is 45.5 Å². The lowest BCUT2D eigenvalue weighted by Gasteiger charge is -2.36. The van der Waals surface area contributed by atoms with E-state index in [0.717, 1.165) is 5.56 Å². The molecule has 7 nitrogen and oxygen atoms in total. The van der Waals surface area contributed by atoms with Crippen LogP contribution in [0.1, 0.15) is 17.9 Å². The molecule has 1 saturated heterocycles. The summed E-state index contributed by atoms with van der Waals surface area (Å²) in [5.74, 6) is 0.495. The van der Waals surface area contributed by atoms with Gasteiger partial charge in [0.05, 0.1) is 6.54 Å². The number of rotatable bonds is 3. The van der Waals surface area contributed by atoms with Crippen LogP contribution in [0.15, 0.2) is 36.4 Å². The molecule has 0 aliphatic carbocycles. The highest BCUT2D eigenvalue weighted by Gasteiger charge is 2.32. The highest BCUT2D eigenvalue weighted by Crippen LogP contribution is 2.31. The molecular weight excluding hydrogens is 332 g/mol. The van der Waals surface area contributed by atoms with Crippen LogP contribution in [0.5, 0.6) is 5.75 Å². The zero-order valence-corrected chi connectivity index (χ0v) is 13.6. The largest absolute Gasteiger partial charge is 0.484 e. The number of benzene rings is 1. The lowest BCUT2D eigenvalue weighted by Crippen LogP contribution is -2.47. The molecule has 1 aliphatic rings. The van der Waals surface area contributed by atoms with E-state index in [0.29, 0.717) is 18.7 Å². The van der Waals surface area contributed by atoms with Gasteiger partial charge in [-0.1, -0.05) is 41.9 Å². The van der Waals surface area contributed by atoms with Crippen molar-refractivity contribution in [3.63, 3.8) is 0 Å². The fourth-order valence-corrected chi connectivity index (χ4v) is 3.03. The molecule has 2 aromatic rings. The number of aromatic nitrogens is 2. The minimum Gasteiger partial charge on any atom is -0.484 e. The van der Waals surface area contributed by atoms with Crippen molar-refractivity contribution in [1.82, 2.24) is 15.1 Å². The SMILES string of the molecule is Nc1nnc(Cl)cc1O[C@@H]1C[C@H](c2ccccc2)CN(C(=O)O)C1. The van der Waals surface area contributed by atoms with E-state index in [1.54, 1.807) is 0 Å². The summed E-state index contributed by atoms with van der Waals surface area (Å²) in [5.41, 5.74) is 6.84. The Morgan fingerprint density at radius 3 is 2.75 bits per heavy atom. The number of piperidine rings is 1. The third-order valence-corrected chi connectivity index (χ3v) is 4.19. The Labute approximate surface area is 144 Å². The van der Waals surface area contributed by atoms with Gasteiger partial charge < -0.3 is 20.5 Å². The van der Waals surface area contributed by atoms with Gasteiger partial charge in [0.15, 0.2) is 16.7 Å². The third kappa shape index (κ3) is 3.68. The predicted octanol–water partition coefficient (Wildman–Crippen LogP) is 2.63. The normalized spacial score (nSPS) is 20.6. The standard InChI is InChI=1S/C16H17ClN4O3/c17-14-7-13(15(18)20-19-14)24-12-6-11(8-21(9-12)16(22)23)10-4-2-1-3-5-10/h1-5,7,11-12H,6,8-9H2,(H2,18,20)(H,22,23)/t11-,12+/m0/s1. The summed E-state index contributed by atoms with van der Waals surface area (Å²) in [6, 6.07) is 11.3. The zero-order valence-electron chi connectivity index (χ0n) is 12.8. The molecule has 8 heteroatoms. The first kappa shape index (κ1) is 16.3. The Kier molecular flexibility index (Phi) is 4.71. The first-order valence-electron chi connectivity index (χ1n) is 7.51. The van der Waals surface area contributed by atoms with Gasteiger partial charge in [0.1, 0.15) is 6.10 Å². The summed E-state index contributed by atoms with van der Waals surface area (Å²) in [7, 11) is 0. The van der Waals surface area contributed by atoms with Crippen LogP contribution in [-0.2, 0) is 0 Å². The van der Waals surface area contributed by atoms with Gasteiger partial charge in [-0.25, -0.2) is 4.79 Å². The second kappa shape index (κ2) is 6.92. The summed E-state index contributed by atoms with van der Waals surface area (Å²) in [5, 5.41) is 16.9. The molecule has 0 saturated carbocycles. The number of amides is 1. The molecule has 1 aromatic heterocycles. The molecule has 0 spiro atoms. The molecule has 24 heavy (non-hydrogen) atoms. The van der Waals surface area contributed by atoms with Crippen molar-refractivity contribution in [3.05, 3.63) is 47.1 Å². The van der Waals surface area contributed by atoms with Crippen LogP contribution in [0.2, 0.25) is 5.15 Å². The highest BCUT2D eigenvalue weighted by atomic mass is 35.5. The maximum absolute atomic E-state index is 11.5. The molecule has 2 atom stereocenters. The molecule has 0 radical (unpaired) electrons. The second-order valence-corrected chi connectivity index (χ2v) is 6.07. The van der Waals surface area contributed by atoms with E-state index in [4.69, 9.17) is 22.1 Å². The van der Waals surface area contributed by atoms with Gasteiger partial charge in [-0.05, 0) is 12.0 Å². The quantitative estimate of drug-likeness (QED) is 0.884. The van der Waals surface area contributed by atoms with Gasteiger partial charge >= 0.3 is 6.09 Å². The van der Waals surface area contributed by atoms with Crippen molar-refractivity contribution in [2.45, 2.75) is 18.4 Å². The van der Waals surface area contributed by atoms with Gasteiger partial charge in [-0.15, -0.1) is 10.2 Å². The second-order valence-electron chi connectivity index (χ2n) is 5.69. The van der Waals surface area contributed by atoms with E-state index >= 15 is 0 Å². The number of hydrogen-bond acceptors (Lipinski definition) is 5. The molecule has 0 unspecified atom stereocenters. The van der Waals surface area contributed by atoms with E-state index in [1.807, 2.05) is 30.3 Å². The fourth-order valence-electron chi connectivity index (χ4n) is 2.90. The van der Waals surface area contributed by atoms with E-state index < -0.39 is 6.09 Å². The maximum Gasteiger partial charge on any atom is 0.407 e. The number of nitrogens with two attached hydrogens (primary N) is 1. The Morgan fingerprint density at radius 1 is 1.29 bits per heavy atom. The van der Waals surface area contributed by atoms with E-state index in [2.05, 4.69) is 10.2 Å². The topological polar surface area (TPSA) is 102 Å². The van der Waals surface area contributed by atoms with Crippen LogP contribution < -0.4 is 10.5 Å². The van der Waals surface area contributed by atoms with Crippen molar-refractivity contribution in [1.29, 1.82) is 0 Å². The first-order chi connectivity index (χ1) is 11.5. The number of hydrogen-bond donors (Lipinski definition) is 2. The van der Waals surface area contributed by atoms with E-state index in [1.165, 1.54) is 11.0 Å². The van der Waals surface area contributed by atoms with Crippen molar-refractivity contribution in [2.24, 2.45) is 0 Å². The summed E-state index contributed by atoms with van der Waals surface area (Å²) in [4.78, 5) is 12.8. The Balaban J connectivity index is 1.81. The smallest absolute Gasteiger partial charge is 0.407 e. The molecule has 3 rings (SSSR count). The lowest BCUT2D eigenvalue weighted by molar-refractivity contribution is 0.0699. The summed E-state index contributed by atoms with van der Waals surface area (Å²) < 4.78 is 5.88. The summed E-state index contributed by atoms with van der Waals surface area (Å²) >= 11 is 5.82. The molecule has 1 aliphatic heterocycles. The third-order valence-electron chi connectivity index (χ3n) is 4.00. The molecule has 1 fully saturated rings. The number of anilines is 1. The van der Waals surface area contributed by atoms with E-state index in [-0.39, 0.29) is 29.5 Å². The number of ether oxygens (including phenoxy) is 1. The number of carbonyl (C=O) groups is 1. The number of nitrogen functional groups attached to an aromatic ring is 1. The predicted molar refractivity (Wildman–Crippen MR) is 89.3 cm³/mol. The molecule has 1 aromatic carbocycles. The maximum atomic E-state index is 11.5. The lowest BCUT2D eigenvalue weighted by atomic mass is 9.89. The van der Waals surface area contributed by atoms with Crippen LogP contribution in [0.25, 0.3) is 0 Å². The van der Waals surface area contributed by atoms with Crippen molar-refractivity contribution in [3.8, 4) is 5.75 Å². The molecule has 1 amide bonds. The minimum absolute atomic E-state index is 0.0487. The minimum atomic E-state index is -0.969. The molecule has 0 bridgehead atoms. The van der Waals surface area contributed by atoms with Gasteiger partial charge in [0.2, 0.25) is 0 Å². The van der Waals surface area contributed by atoms with Crippen LogP contribution in [0.4, 0.5) is 10.6 Å². The molecule has 126 valence electrons. The zero-order chi connectivity index (χ0) is 17.1. The first-order valence-corrected chi connectivity index (χ1v) is 7.89. The number of halogens is 1. The Bertz CT molecular complexity index is 729. The van der Waals surface area contributed by atoms with Crippen molar-refractivity contribution < 1.29 is 14.6 Å². The summed E-state index contributed by atoms with van der Waals surface area (Å²) in [6.07, 6.45) is -0.640. The van der Waals surface area contributed by atoms with Crippen LogP contribution in [0.3, 0.4) is 0 Å². The number of carboxylic acid groups (broad SMARTS) is 1. The van der Waals surface area contributed by atoms with E-state index in [9.17, 15) is 9.90 Å². The van der Waals surface area contributed by atoms with Crippen molar-refractivity contribution >= 4 is 23.5 Å². The van der Waals surface area contributed by atoms with Crippen LogP contribution >= 0.6 is 11.6 Å². The Morgan fingerprint density at radius 2 is 2.04 bits per heavy atom. The number of likely N-dealkylation sites (tertiary alicyclic amines) is 1. The van der Waals surface area contributed by atoms with Gasteiger partial charge in [-0.2, -0.15) is 0 Å². The van der Waals surface area contributed by atoms with Gasteiger partial charge in [0, 0.05) is 18.5 Å². The van der Waals surface area contributed by atoms with Crippen LogP contribution in [0, 0.1) is 0 Å². The average Bonchev–Trinajstić information content (AvgIpc) is 2.58. The number of nitrogens with zero attached hydrogens (tertiary/aromatic N) is 3. The highest BCUT2D eigenvalue weighted by molar-refractivity contribution is 6.29. The van der Waals surface area contributed by atoms with Gasteiger partial charge in [0.25, 0.3) is 0 Å². The average molecular weight is 349 g/mol. The fraction of sp³-hybridized carbons (Fsp3) is 0.312.